The summed E-state index contributed by atoms with van der Waals surface area (Å²) >= 11 is 0. The Morgan fingerprint density at radius 3 is 1.83 bits per heavy atom. The van der Waals surface area contributed by atoms with Crippen LogP contribution in [0.5, 0.6) is 0 Å². The first kappa shape index (κ1) is 14.6. The molecule has 0 aliphatic rings. The van der Waals surface area contributed by atoms with Crippen LogP contribution in [-0.2, 0) is 0 Å². The average molecular weight is 316 g/mol. The van der Waals surface area contributed by atoms with Gasteiger partial charge in [-0.15, -0.1) is 0 Å². The minimum atomic E-state index is -0.832. The highest BCUT2D eigenvalue weighted by Crippen LogP contribution is 2.36. The van der Waals surface area contributed by atoms with Crippen LogP contribution in [0.15, 0.2) is 84.9 Å². The monoisotopic (exact) mass is 316 g/mol. The lowest BCUT2D eigenvalue weighted by molar-refractivity contribution is 0.509. The second-order valence-corrected chi connectivity index (χ2v) is 5.70. The molecule has 0 aliphatic heterocycles. The quantitative estimate of drug-likeness (QED) is 0.398. The Morgan fingerprint density at radius 1 is 0.500 bits per heavy atom. The molecule has 4 rings (SSSR count). The number of fused-ring (bicyclic) bond motifs is 1. The molecule has 0 nitrogen and oxygen atoms in total. The molecule has 0 fully saturated rings. The Balaban J connectivity index is 2.04. The van der Waals surface area contributed by atoms with E-state index in [-0.39, 0.29) is 0 Å². The second-order valence-electron chi connectivity index (χ2n) is 5.70. The first-order valence-corrected chi connectivity index (χ1v) is 7.76. The third-order valence-electron chi connectivity index (χ3n) is 4.22. The van der Waals surface area contributed by atoms with Crippen LogP contribution in [0, 0.1) is 11.6 Å². The van der Waals surface area contributed by atoms with Crippen molar-refractivity contribution in [3.63, 3.8) is 0 Å². The first-order valence-electron chi connectivity index (χ1n) is 7.76. The van der Waals surface area contributed by atoms with Gasteiger partial charge in [-0.1, -0.05) is 72.8 Å². The topological polar surface area (TPSA) is 0 Å². The Labute approximate surface area is 139 Å². The van der Waals surface area contributed by atoms with Gasteiger partial charge in [0.05, 0.1) is 0 Å². The molecule has 0 heterocycles. The van der Waals surface area contributed by atoms with Gasteiger partial charge in [0.15, 0.2) is 11.6 Å². The lowest BCUT2D eigenvalue weighted by Gasteiger charge is -2.12. The molecule has 4 aromatic carbocycles. The molecule has 0 radical (unpaired) electrons. The average Bonchev–Trinajstić information content (AvgIpc) is 2.64. The van der Waals surface area contributed by atoms with Crippen LogP contribution >= 0.6 is 0 Å². The highest BCUT2D eigenvalue weighted by atomic mass is 19.2. The molecule has 0 amide bonds. The van der Waals surface area contributed by atoms with Crippen molar-refractivity contribution in [2.45, 2.75) is 0 Å². The number of hydrogen-bond donors (Lipinski definition) is 0. The highest BCUT2D eigenvalue weighted by Gasteiger charge is 2.11. The van der Waals surface area contributed by atoms with Crippen molar-refractivity contribution in [2.75, 3.05) is 0 Å². The van der Waals surface area contributed by atoms with Crippen molar-refractivity contribution in [3.8, 4) is 22.3 Å². The molecule has 0 spiro atoms. The van der Waals surface area contributed by atoms with Gasteiger partial charge < -0.3 is 0 Å². The van der Waals surface area contributed by atoms with Crippen molar-refractivity contribution in [1.29, 1.82) is 0 Å². The van der Waals surface area contributed by atoms with E-state index in [0.29, 0.717) is 5.56 Å². The molecule has 2 heteroatoms. The maximum absolute atomic E-state index is 13.7. The van der Waals surface area contributed by atoms with E-state index in [9.17, 15) is 8.78 Å². The van der Waals surface area contributed by atoms with E-state index in [2.05, 4.69) is 18.2 Å². The lowest BCUT2D eigenvalue weighted by Crippen LogP contribution is -1.89. The Hall–Kier alpha value is -3.00. The van der Waals surface area contributed by atoms with Crippen LogP contribution in [0.25, 0.3) is 33.0 Å². The zero-order chi connectivity index (χ0) is 16.5. The Bertz CT molecular complexity index is 1020. The van der Waals surface area contributed by atoms with E-state index >= 15 is 0 Å². The zero-order valence-electron chi connectivity index (χ0n) is 12.8. The summed E-state index contributed by atoms with van der Waals surface area (Å²) in [5.74, 6) is -1.66. The minimum Gasteiger partial charge on any atom is -0.204 e. The van der Waals surface area contributed by atoms with Gasteiger partial charge >= 0.3 is 0 Å². The van der Waals surface area contributed by atoms with Crippen LogP contribution in [0.2, 0.25) is 0 Å². The van der Waals surface area contributed by atoms with Gasteiger partial charge in [0.2, 0.25) is 0 Å². The van der Waals surface area contributed by atoms with E-state index in [1.807, 2.05) is 48.5 Å². The van der Waals surface area contributed by atoms with Crippen molar-refractivity contribution in [1.82, 2.24) is 0 Å². The third-order valence-corrected chi connectivity index (χ3v) is 4.22. The van der Waals surface area contributed by atoms with E-state index in [1.54, 1.807) is 6.07 Å². The number of halogens is 2. The number of hydrogen-bond acceptors (Lipinski definition) is 0. The summed E-state index contributed by atoms with van der Waals surface area (Å²) in [5, 5.41) is 2.11. The van der Waals surface area contributed by atoms with Gasteiger partial charge in [-0.2, -0.15) is 0 Å². The Kier molecular flexibility index (Phi) is 3.58. The molecule has 116 valence electrons. The van der Waals surface area contributed by atoms with Crippen LogP contribution in [-0.4, -0.2) is 0 Å². The molecular formula is C22H14F2. The summed E-state index contributed by atoms with van der Waals surface area (Å²) in [4.78, 5) is 0. The molecule has 0 unspecified atom stereocenters. The third kappa shape index (κ3) is 2.46. The van der Waals surface area contributed by atoms with E-state index in [4.69, 9.17) is 0 Å². The van der Waals surface area contributed by atoms with Gasteiger partial charge in [0.1, 0.15) is 0 Å². The second kappa shape index (κ2) is 5.89. The maximum atomic E-state index is 13.7. The Morgan fingerprint density at radius 2 is 1.17 bits per heavy atom. The molecule has 0 aliphatic carbocycles. The van der Waals surface area contributed by atoms with Gasteiger partial charge in [0, 0.05) is 0 Å². The summed E-state index contributed by atoms with van der Waals surface area (Å²) in [6, 6.07) is 26.1. The van der Waals surface area contributed by atoms with E-state index in [1.165, 1.54) is 12.1 Å². The number of benzene rings is 4. The van der Waals surface area contributed by atoms with E-state index in [0.717, 1.165) is 27.5 Å². The van der Waals surface area contributed by atoms with Gasteiger partial charge in [-0.3, -0.25) is 0 Å². The molecule has 4 aromatic rings. The highest BCUT2D eigenvalue weighted by molar-refractivity contribution is 6.06. The van der Waals surface area contributed by atoms with Crippen LogP contribution < -0.4 is 0 Å². The molecule has 0 N–H and O–H groups in total. The fourth-order valence-corrected chi connectivity index (χ4v) is 3.10. The van der Waals surface area contributed by atoms with Crippen molar-refractivity contribution < 1.29 is 8.78 Å². The summed E-state index contributed by atoms with van der Waals surface area (Å²) < 4.78 is 27.0. The standard InChI is InChI=1S/C22H14F2/c23-20-13-12-17(14-21(20)24)19-11-5-9-16-8-4-10-18(22(16)19)15-6-2-1-3-7-15/h1-14H. The summed E-state index contributed by atoms with van der Waals surface area (Å²) in [7, 11) is 0. The van der Waals surface area contributed by atoms with Crippen LogP contribution in [0.4, 0.5) is 8.78 Å². The predicted molar refractivity (Wildman–Crippen MR) is 94.7 cm³/mol. The molecule has 0 bridgehead atoms. The fourth-order valence-electron chi connectivity index (χ4n) is 3.10. The van der Waals surface area contributed by atoms with Crippen molar-refractivity contribution >= 4 is 10.8 Å². The van der Waals surface area contributed by atoms with Crippen molar-refractivity contribution in [3.05, 3.63) is 96.6 Å². The predicted octanol–water partition coefficient (Wildman–Crippen LogP) is 6.45. The normalized spacial score (nSPS) is 10.9. The van der Waals surface area contributed by atoms with Crippen LogP contribution in [0.3, 0.4) is 0 Å². The SMILES string of the molecule is Fc1ccc(-c2cccc3cccc(-c4ccccc4)c23)cc1F. The molecular weight excluding hydrogens is 302 g/mol. The molecule has 0 saturated heterocycles. The van der Waals surface area contributed by atoms with Gasteiger partial charge in [0.25, 0.3) is 0 Å². The summed E-state index contributed by atoms with van der Waals surface area (Å²) in [6.07, 6.45) is 0. The van der Waals surface area contributed by atoms with Gasteiger partial charge in [-0.25, -0.2) is 8.78 Å². The minimum absolute atomic E-state index is 0.669. The first-order chi connectivity index (χ1) is 11.7. The largest absolute Gasteiger partial charge is 0.204 e. The van der Waals surface area contributed by atoms with Crippen LogP contribution in [0.1, 0.15) is 0 Å². The summed E-state index contributed by atoms with van der Waals surface area (Å²) in [5.41, 5.74) is 3.74. The lowest BCUT2D eigenvalue weighted by atomic mass is 9.91. The molecule has 0 atom stereocenters. The number of rotatable bonds is 2. The maximum Gasteiger partial charge on any atom is 0.159 e. The van der Waals surface area contributed by atoms with Crippen molar-refractivity contribution in [2.24, 2.45) is 0 Å². The fraction of sp³-hybridized carbons (Fsp3) is 0. The zero-order valence-corrected chi connectivity index (χ0v) is 12.8. The molecule has 0 saturated carbocycles. The van der Waals surface area contributed by atoms with E-state index < -0.39 is 11.6 Å². The summed E-state index contributed by atoms with van der Waals surface area (Å²) in [6.45, 7) is 0. The smallest absolute Gasteiger partial charge is 0.159 e. The molecule has 0 aromatic heterocycles. The van der Waals surface area contributed by atoms with Gasteiger partial charge in [-0.05, 0) is 45.2 Å². The molecule has 24 heavy (non-hydrogen) atoms.